The average Bonchev–Trinajstić information content (AvgIpc) is 2.58. The molecule has 1 aromatic carbocycles. The lowest BCUT2D eigenvalue weighted by Gasteiger charge is -2.12. The van der Waals surface area contributed by atoms with Crippen molar-refractivity contribution in [2.24, 2.45) is 0 Å². The van der Waals surface area contributed by atoms with E-state index in [1.807, 2.05) is 45.0 Å². The van der Waals surface area contributed by atoms with Crippen molar-refractivity contribution in [3.8, 4) is 0 Å². The maximum atomic E-state index is 11.7. The van der Waals surface area contributed by atoms with Crippen LogP contribution in [0.4, 0.5) is 28.8 Å². The summed E-state index contributed by atoms with van der Waals surface area (Å²) in [4.78, 5) is 23.4. The van der Waals surface area contributed by atoms with Gasteiger partial charge in [-0.2, -0.15) is 0 Å². The molecule has 0 unspecified atom stereocenters. The number of hydrogen-bond acceptors (Lipinski definition) is 7. The highest BCUT2D eigenvalue weighted by Crippen LogP contribution is 2.33. The summed E-state index contributed by atoms with van der Waals surface area (Å²) in [7, 11) is 0. The lowest BCUT2D eigenvalue weighted by atomic mass is 10.1. The molecular formula is C18H18N6O2. The zero-order valence-electron chi connectivity index (χ0n) is 14.6. The van der Waals surface area contributed by atoms with Gasteiger partial charge in [0.05, 0.1) is 4.92 Å². The van der Waals surface area contributed by atoms with Crippen molar-refractivity contribution in [2.75, 3.05) is 10.6 Å². The molecule has 0 aliphatic rings. The van der Waals surface area contributed by atoms with Gasteiger partial charge < -0.3 is 10.6 Å². The van der Waals surface area contributed by atoms with E-state index in [1.54, 1.807) is 12.3 Å². The van der Waals surface area contributed by atoms with E-state index in [1.165, 1.54) is 6.33 Å². The molecule has 0 fully saturated rings. The molecule has 0 radical (unpaired) electrons. The van der Waals surface area contributed by atoms with Gasteiger partial charge in [-0.3, -0.25) is 10.1 Å². The third kappa shape index (κ3) is 3.75. The first-order chi connectivity index (χ1) is 12.4. The number of anilines is 4. The summed E-state index contributed by atoms with van der Waals surface area (Å²) in [5.41, 5.74) is 3.49. The minimum absolute atomic E-state index is 0.0795. The number of rotatable bonds is 5. The number of hydrogen-bond donors (Lipinski definition) is 2. The minimum Gasteiger partial charge on any atom is -0.334 e. The quantitative estimate of drug-likeness (QED) is 0.525. The van der Waals surface area contributed by atoms with Gasteiger partial charge in [0.15, 0.2) is 0 Å². The van der Waals surface area contributed by atoms with Crippen molar-refractivity contribution in [1.29, 1.82) is 0 Å². The highest BCUT2D eigenvalue weighted by molar-refractivity contribution is 5.77. The standard InChI is InChI=1S/C18H18N6O2/c1-11-4-5-13(3)14(8-11)22-17-16(24(25)26)18(21-10-20-17)23-15-9-12(2)6-7-19-15/h4-10H,1-3H3,(H2,19,20,21,22,23). The molecular weight excluding hydrogens is 332 g/mol. The zero-order chi connectivity index (χ0) is 18.7. The Bertz CT molecular complexity index is 974. The van der Waals surface area contributed by atoms with Gasteiger partial charge in [-0.25, -0.2) is 15.0 Å². The van der Waals surface area contributed by atoms with Gasteiger partial charge >= 0.3 is 5.69 Å². The van der Waals surface area contributed by atoms with Gasteiger partial charge in [-0.1, -0.05) is 12.1 Å². The Morgan fingerprint density at radius 3 is 2.31 bits per heavy atom. The van der Waals surface area contributed by atoms with E-state index in [-0.39, 0.29) is 17.3 Å². The number of benzene rings is 1. The fraction of sp³-hybridized carbons (Fsp3) is 0.167. The minimum atomic E-state index is -0.508. The third-order valence-corrected chi connectivity index (χ3v) is 3.81. The van der Waals surface area contributed by atoms with Crippen LogP contribution in [0.25, 0.3) is 0 Å². The number of nitrogens with zero attached hydrogens (tertiary/aromatic N) is 4. The molecule has 2 aromatic heterocycles. The third-order valence-electron chi connectivity index (χ3n) is 3.81. The van der Waals surface area contributed by atoms with Gasteiger partial charge in [0.25, 0.3) is 0 Å². The molecule has 0 saturated carbocycles. The Kier molecular flexibility index (Phi) is 4.74. The first-order valence-electron chi connectivity index (χ1n) is 7.97. The van der Waals surface area contributed by atoms with Crippen molar-refractivity contribution >= 4 is 28.8 Å². The van der Waals surface area contributed by atoms with E-state index in [2.05, 4.69) is 25.6 Å². The SMILES string of the molecule is Cc1ccnc(Nc2ncnc(Nc3cc(C)ccc3C)c2[N+](=O)[O-])c1. The van der Waals surface area contributed by atoms with Crippen LogP contribution in [-0.4, -0.2) is 19.9 Å². The van der Waals surface area contributed by atoms with E-state index in [9.17, 15) is 10.1 Å². The molecule has 132 valence electrons. The predicted octanol–water partition coefficient (Wildman–Crippen LogP) is 4.19. The Balaban J connectivity index is 2.01. The maximum Gasteiger partial charge on any atom is 0.353 e. The van der Waals surface area contributed by atoms with E-state index >= 15 is 0 Å². The number of aromatic nitrogens is 3. The van der Waals surface area contributed by atoms with Crippen molar-refractivity contribution in [2.45, 2.75) is 20.8 Å². The van der Waals surface area contributed by atoms with Gasteiger partial charge in [-0.05, 0) is 55.7 Å². The van der Waals surface area contributed by atoms with Crippen LogP contribution >= 0.6 is 0 Å². The fourth-order valence-electron chi connectivity index (χ4n) is 2.46. The molecule has 2 heterocycles. The first-order valence-corrected chi connectivity index (χ1v) is 7.97. The fourth-order valence-corrected chi connectivity index (χ4v) is 2.46. The molecule has 0 aliphatic carbocycles. The average molecular weight is 350 g/mol. The van der Waals surface area contributed by atoms with Crippen LogP contribution in [0, 0.1) is 30.9 Å². The lowest BCUT2D eigenvalue weighted by Crippen LogP contribution is -2.06. The first kappa shape index (κ1) is 17.3. The second kappa shape index (κ2) is 7.14. The van der Waals surface area contributed by atoms with Crippen LogP contribution in [0.3, 0.4) is 0 Å². The monoisotopic (exact) mass is 350 g/mol. The molecule has 0 bridgehead atoms. The number of pyridine rings is 1. The highest BCUT2D eigenvalue weighted by atomic mass is 16.6. The Morgan fingerprint density at radius 2 is 1.62 bits per heavy atom. The van der Waals surface area contributed by atoms with Crippen molar-refractivity contribution in [1.82, 2.24) is 15.0 Å². The van der Waals surface area contributed by atoms with Crippen LogP contribution in [0.1, 0.15) is 16.7 Å². The number of nitrogens with one attached hydrogen (secondary N) is 2. The molecule has 3 aromatic rings. The summed E-state index contributed by atoms with van der Waals surface area (Å²) in [6.07, 6.45) is 2.90. The molecule has 0 aliphatic heterocycles. The predicted molar refractivity (Wildman–Crippen MR) is 100 cm³/mol. The lowest BCUT2D eigenvalue weighted by molar-refractivity contribution is -0.383. The van der Waals surface area contributed by atoms with Crippen LogP contribution in [-0.2, 0) is 0 Å². The topological polar surface area (TPSA) is 106 Å². The molecule has 8 heteroatoms. The van der Waals surface area contributed by atoms with Crippen LogP contribution in [0.2, 0.25) is 0 Å². The Hall–Kier alpha value is -3.55. The zero-order valence-corrected chi connectivity index (χ0v) is 14.6. The molecule has 2 N–H and O–H groups in total. The summed E-state index contributed by atoms with van der Waals surface area (Å²) in [5, 5.41) is 17.6. The summed E-state index contributed by atoms with van der Waals surface area (Å²) < 4.78 is 0. The van der Waals surface area contributed by atoms with Gasteiger partial charge in [0.2, 0.25) is 11.6 Å². The molecule has 0 amide bonds. The maximum absolute atomic E-state index is 11.7. The molecule has 0 spiro atoms. The molecule has 26 heavy (non-hydrogen) atoms. The largest absolute Gasteiger partial charge is 0.353 e. The van der Waals surface area contributed by atoms with Crippen molar-refractivity contribution in [3.05, 3.63) is 69.7 Å². The smallest absolute Gasteiger partial charge is 0.334 e. The van der Waals surface area contributed by atoms with Crippen molar-refractivity contribution < 1.29 is 4.92 Å². The second-order valence-electron chi connectivity index (χ2n) is 5.96. The Labute approximate surface area is 150 Å². The van der Waals surface area contributed by atoms with E-state index < -0.39 is 4.92 Å². The molecule has 8 nitrogen and oxygen atoms in total. The molecule has 0 atom stereocenters. The van der Waals surface area contributed by atoms with Crippen LogP contribution < -0.4 is 10.6 Å². The summed E-state index contributed by atoms with van der Waals surface area (Å²) in [6.45, 7) is 5.79. The Morgan fingerprint density at radius 1 is 0.923 bits per heavy atom. The van der Waals surface area contributed by atoms with Crippen LogP contribution in [0.15, 0.2) is 42.9 Å². The van der Waals surface area contributed by atoms with Gasteiger partial charge in [0, 0.05) is 11.9 Å². The van der Waals surface area contributed by atoms with Gasteiger partial charge in [-0.15, -0.1) is 0 Å². The van der Waals surface area contributed by atoms with Crippen LogP contribution in [0.5, 0.6) is 0 Å². The summed E-state index contributed by atoms with van der Waals surface area (Å²) in [5.74, 6) is 0.675. The molecule has 3 rings (SSSR count). The number of nitro groups is 1. The normalized spacial score (nSPS) is 10.4. The van der Waals surface area contributed by atoms with E-state index in [0.717, 1.165) is 22.4 Å². The highest BCUT2D eigenvalue weighted by Gasteiger charge is 2.24. The molecule has 0 saturated heterocycles. The number of aryl methyl sites for hydroxylation is 3. The van der Waals surface area contributed by atoms with Crippen molar-refractivity contribution in [3.63, 3.8) is 0 Å². The van der Waals surface area contributed by atoms with E-state index in [0.29, 0.717) is 5.82 Å². The van der Waals surface area contributed by atoms with E-state index in [4.69, 9.17) is 0 Å². The summed E-state index contributed by atoms with van der Waals surface area (Å²) >= 11 is 0. The second-order valence-corrected chi connectivity index (χ2v) is 5.96. The van der Waals surface area contributed by atoms with Gasteiger partial charge in [0.1, 0.15) is 12.1 Å². The summed E-state index contributed by atoms with van der Waals surface area (Å²) in [6, 6.07) is 9.46.